The Morgan fingerprint density at radius 3 is 2.27 bits per heavy atom. The Balaban J connectivity index is 3.81. The molecule has 0 heterocycles. The average molecular weight is 238 g/mol. The highest BCUT2D eigenvalue weighted by atomic mass is 32.3. The van der Waals surface area contributed by atoms with Gasteiger partial charge in [0.15, 0.2) is 0 Å². The van der Waals surface area contributed by atoms with Crippen LogP contribution in [0.2, 0.25) is 0 Å². The number of hydrogen-bond acceptors (Lipinski definition) is 6. The molecule has 0 aromatic heterocycles. The van der Waals surface area contributed by atoms with Crippen molar-refractivity contribution in [3.63, 3.8) is 0 Å². The van der Waals surface area contributed by atoms with Crippen LogP contribution >= 0.6 is 0 Å². The highest BCUT2D eigenvalue weighted by molar-refractivity contribution is 7.81. The van der Waals surface area contributed by atoms with Crippen molar-refractivity contribution in [3.05, 3.63) is 12.7 Å². The Bertz CT molecular complexity index is 342. The van der Waals surface area contributed by atoms with Gasteiger partial charge in [-0.2, -0.15) is 8.42 Å². The summed E-state index contributed by atoms with van der Waals surface area (Å²) in [7, 11) is -4.81. The lowest BCUT2D eigenvalue weighted by Gasteiger charge is -2.01. The van der Waals surface area contributed by atoms with Crippen molar-refractivity contribution in [1.29, 1.82) is 0 Å². The SMILES string of the molecule is C=CCOC(=O)CCC(=O)OS(=O)(=O)O. The van der Waals surface area contributed by atoms with Crippen LogP contribution in [-0.4, -0.2) is 31.5 Å². The number of hydrogen-bond donors (Lipinski definition) is 1. The molecule has 0 saturated carbocycles. The zero-order valence-corrected chi connectivity index (χ0v) is 8.53. The monoisotopic (exact) mass is 238 g/mol. The molecule has 86 valence electrons. The summed E-state index contributed by atoms with van der Waals surface area (Å²) in [5.41, 5.74) is 0. The van der Waals surface area contributed by atoms with E-state index >= 15 is 0 Å². The Morgan fingerprint density at radius 1 is 1.27 bits per heavy atom. The topological polar surface area (TPSA) is 107 Å². The van der Waals surface area contributed by atoms with E-state index < -0.39 is 28.8 Å². The van der Waals surface area contributed by atoms with E-state index in [0.717, 1.165) is 0 Å². The summed E-state index contributed by atoms with van der Waals surface area (Å²) in [6, 6.07) is 0. The molecule has 0 unspecified atom stereocenters. The second kappa shape index (κ2) is 6.14. The van der Waals surface area contributed by atoms with Crippen LogP contribution < -0.4 is 0 Å². The summed E-state index contributed by atoms with van der Waals surface area (Å²) >= 11 is 0. The van der Waals surface area contributed by atoms with E-state index in [4.69, 9.17) is 4.55 Å². The molecule has 0 bridgehead atoms. The van der Waals surface area contributed by atoms with E-state index in [-0.39, 0.29) is 13.0 Å². The van der Waals surface area contributed by atoms with Crippen LogP contribution in [0.5, 0.6) is 0 Å². The van der Waals surface area contributed by atoms with Crippen molar-refractivity contribution >= 4 is 22.3 Å². The predicted octanol–water partition coefficient (Wildman–Crippen LogP) is -0.158. The third-order valence-corrected chi connectivity index (χ3v) is 1.49. The molecule has 0 aliphatic heterocycles. The van der Waals surface area contributed by atoms with Gasteiger partial charge in [-0.15, -0.1) is 0 Å². The number of ether oxygens (including phenoxy) is 1. The Hall–Kier alpha value is -1.41. The fourth-order valence-corrected chi connectivity index (χ4v) is 0.906. The minimum absolute atomic E-state index is 0.00613. The maximum Gasteiger partial charge on any atom is 0.448 e. The summed E-state index contributed by atoms with van der Waals surface area (Å²) in [5, 5.41) is 0. The third kappa shape index (κ3) is 8.91. The van der Waals surface area contributed by atoms with Gasteiger partial charge in [0, 0.05) is 0 Å². The standard InChI is InChI=1S/C7H10O7S/c1-2-5-13-6(8)3-4-7(9)14-15(10,11)12/h2H,1,3-5H2,(H,10,11,12). The number of carbonyl (C=O) groups is 2. The van der Waals surface area contributed by atoms with Crippen LogP contribution in [0.4, 0.5) is 0 Å². The van der Waals surface area contributed by atoms with Gasteiger partial charge in [-0.25, -0.2) is 0 Å². The smallest absolute Gasteiger partial charge is 0.448 e. The molecule has 15 heavy (non-hydrogen) atoms. The Kier molecular flexibility index (Phi) is 5.57. The number of carbonyl (C=O) groups excluding carboxylic acids is 2. The normalized spacial score (nSPS) is 10.5. The van der Waals surface area contributed by atoms with Gasteiger partial charge in [0.1, 0.15) is 6.61 Å². The largest absolute Gasteiger partial charge is 0.461 e. The minimum Gasteiger partial charge on any atom is -0.461 e. The van der Waals surface area contributed by atoms with Gasteiger partial charge < -0.3 is 8.92 Å². The van der Waals surface area contributed by atoms with Gasteiger partial charge in [-0.05, 0) is 0 Å². The summed E-state index contributed by atoms with van der Waals surface area (Å²) in [6.45, 7) is 3.30. The molecular weight excluding hydrogens is 228 g/mol. The van der Waals surface area contributed by atoms with Crippen LogP contribution in [-0.2, 0) is 28.9 Å². The van der Waals surface area contributed by atoms with Crippen molar-refractivity contribution < 1.29 is 31.5 Å². The molecule has 0 rings (SSSR count). The molecule has 0 aromatic rings. The second-order valence-corrected chi connectivity index (χ2v) is 3.38. The zero-order chi connectivity index (χ0) is 11.9. The van der Waals surface area contributed by atoms with Gasteiger partial charge in [0.05, 0.1) is 12.8 Å². The fraction of sp³-hybridized carbons (Fsp3) is 0.429. The van der Waals surface area contributed by atoms with Crippen LogP contribution in [0.25, 0.3) is 0 Å². The summed E-state index contributed by atoms with van der Waals surface area (Å²) in [5.74, 6) is -1.92. The molecule has 0 aromatic carbocycles. The van der Waals surface area contributed by atoms with Crippen LogP contribution in [0.15, 0.2) is 12.7 Å². The quantitative estimate of drug-likeness (QED) is 0.389. The van der Waals surface area contributed by atoms with Gasteiger partial charge in [0.25, 0.3) is 0 Å². The molecule has 0 atom stereocenters. The van der Waals surface area contributed by atoms with Gasteiger partial charge in [0.2, 0.25) is 0 Å². The molecule has 0 aliphatic rings. The first kappa shape index (κ1) is 13.6. The fourth-order valence-electron chi connectivity index (χ4n) is 0.587. The number of esters is 1. The molecule has 0 radical (unpaired) electrons. The molecule has 8 heteroatoms. The van der Waals surface area contributed by atoms with E-state index in [9.17, 15) is 18.0 Å². The van der Waals surface area contributed by atoms with Gasteiger partial charge in [-0.1, -0.05) is 12.7 Å². The van der Waals surface area contributed by atoms with Crippen LogP contribution in [0.1, 0.15) is 12.8 Å². The molecule has 0 amide bonds. The van der Waals surface area contributed by atoms with Gasteiger partial charge in [-0.3, -0.25) is 14.1 Å². The molecule has 0 saturated heterocycles. The number of rotatable bonds is 6. The first-order valence-corrected chi connectivity index (χ1v) is 5.18. The van der Waals surface area contributed by atoms with E-state index in [0.29, 0.717) is 0 Å². The van der Waals surface area contributed by atoms with Crippen molar-refractivity contribution in [3.8, 4) is 0 Å². The summed E-state index contributed by atoms with van der Waals surface area (Å²) in [4.78, 5) is 21.4. The van der Waals surface area contributed by atoms with Crippen molar-refractivity contribution in [2.75, 3.05) is 6.61 Å². The maximum absolute atomic E-state index is 10.8. The molecule has 0 spiro atoms. The Labute approximate surface area is 86.6 Å². The minimum atomic E-state index is -4.81. The molecule has 0 fully saturated rings. The van der Waals surface area contributed by atoms with Crippen molar-refractivity contribution in [2.24, 2.45) is 0 Å². The van der Waals surface area contributed by atoms with E-state index in [1.54, 1.807) is 0 Å². The Morgan fingerprint density at radius 2 is 1.80 bits per heavy atom. The first-order valence-electron chi connectivity index (χ1n) is 3.81. The predicted molar refractivity (Wildman–Crippen MR) is 48.0 cm³/mol. The first-order chi connectivity index (χ1) is 6.85. The third-order valence-electron chi connectivity index (χ3n) is 1.09. The van der Waals surface area contributed by atoms with E-state index in [1.165, 1.54) is 6.08 Å². The highest BCUT2D eigenvalue weighted by Crippen LogP contribution is 1.98. The van der Waals surface area contributed by atoms with Crippen LogP contribution in [0.3, 0.4) is 0 Å². The molecule has 1 N–H and O–H groups in total. The second-order valence-electron chi connectivity index (χ2n) is 2.35. The average Bonchev–Trinajstić information content (AvgIpc) is 2.08. The van der Waals surface area contributed by atoms with E-state index in [1.807, 2.05) is 0 Å². The maximum atomic E-state index is 10.8. The molecule has 7 nitrogen and oxygen atoms in total. The summed E-state index contributed by atoms with van der Waals surface area (Å²) < 4.78 is 36.2. The van der Waals surface area contributed by atoms with Crippen molar-refractivity contribution in [1.82, 2.24) is 0 Å². The zero-order valence-electron chi connectivity index (χ0n) is 7.71. The molecular formula is C7H10O7S. The van der Waals surface area contributed by atoms with E-state index in [2.05, 4.69) is 15.5 Å². The highest BCUT2D eigenvalue weighted by Gasteiger charge is 2.14. The lowest BCUT2D eigenvalue weighted by molar-refractivity contribution is -0.146. The van der Waals surface area contributed by atoms with Crippen molar-refractivity contribution in [2.45, 2.75) is 12.8 Å². The molecule has 0 aliphatic carbocycles. The van der Waals surface area contributed by atoms with Gasteiger partial charge >= 0.3 is 22.3 Å². The lowest BCUT2D eigenvalue weighted by atomic mass is 10.3. The lowest BCUT2D eigenvalue weighted by Crippen LogP contribution is -2.14. The van der Waals surface area contributed by atoms with Crippen LogP contribution in [0, 0.1) is 0 Å². The summed E-state index contributed by atoms with van der Waals surface area (Å²) in [6.07, 6.45) is 0.520.